The summed E-state index contributed by atoms with van der Waals surface area (Å²) in [6.45, 7) is 4.57. The van der Waals surface area contributed by atoms with Gasteiger partial charge in [-0.05, 0) is 90.7 Å². The van der Waals surface area contributed by atoms with Crippen LogP contribution in [0.3, 0.4) is 0 Å². The van der Waals surface area contributed by atoms with Gasteiger partial charge in [0.1, 0.15) is 5.75 Å². The molecule has 2 amide bonds. The van der Waals surface area contributed by atoms with Crippen molar-refractivity contribution in [2.24, 2.45) is 11.3 Å². The summed E-state index contributed by atoms with van der Waals surface area (Å²) in [7, 11) is 1.67. The van der Waals surface area contributed by atoms with E-state index in [9.17, 15) is 9.59 Å². The molecule has 3 aliphatic rings. The lowest BCUT2D eigenvalue weighted by atomic mass is 9.77. The predicted octanol–water partition coefficient (Wildman–Crippen LogP) is 4.65. The largest absolute Gasteiger partial charge is 0.497 e. The highest BCUT2D eigenvalue weighted by molar-refractivity contribution is 7.08. The van der Waals surface area contributed by atoms with Gasteiger partial charge in [-0.25, -0.2) is 0 Å². The second kappa shape index (κ2) is 11.3. The van der Waals surface area contributed by atoms with Crippen LogP contribution in [0.2, 0.25) is 0 Å². The van der Waals surface area contributed by atoms with Crippen molar-refractivity contribution in [3.05, 3.63) is 52.2 Å². The van der Waals surface area contributed by atoms with Crippen LogP contribution in [0, 0.1) is 11.3 Å². The van der Waals surface area contributed by atoms with Crippen molar-refractivity contribution in [1.29, 1.82) is 0 Å². The Hall–Kier alpha value is -2.09. The summed E-state index contributed by atoms with van der Waals surface area (Å²) in [5.41, 5.74) is 2.49. The number of benzene rings is 1. The SMILES string of the molecule is COc1ccc(CN2CC3(CCN(CC[C@H](NC(=O)C4CC4)c4ccsc4)CC3)CC2=O)cc1.Cl. The number of nitrogens with one attached hydrogen (secondary N) is 1. The molecule has 1 saturated carbocycles. The third kappa shape index (κ3) is 6.38. The van der Waals surface area contributed by atoms with Gasteiger partial charge in [0.2, 0.25) is 11.8 Å². The van der Waals surface area contributed by atoms with Crippen LogP contribution in [0.1, 0.15) is 55.7 Å². The summed E-state index contributed by atoms with van der Waals surface area (Å²) in [5.74, 6) is 1.57. The molecular formula is C27H36ClN3O3S. The summed E-state index contributed by atoms with van der Waals surface area (Å²) in [4.78, 5) is 29.8. The van der Waals surface area contributed by atoms with Gasteiger partial charge in [-0.15, -0.1) is 12.4 Å². The average molecular weight is 518 g/mol. The van der Waals surface area contributed by atoms with Gasteiger partial charge >= 0.3 is 0 Å². The van der Waals surface area contributed by atoms with Gasteiger partial charge in [-0.1, -0.05) is 12.1 Å². The topological polar surface area (TPSA) is 61.9 Å². The van der Waals surface area contributed by atoms with Crippen molar-refractivity contribution >= 4 is 35.6 Å². The number of ether oxygens (including phenoxy) is 1. The lowest BCUT2D eigenvalue weighted by molar-refractivity contribution is -0.128. The molecule has 3 heterocycles. The summed E-state index contributed by atoms with van der Waals surface area (Å²) in [5, 5.41) is 7.54. The number of hydrogen-bond acceptors (Lipinski definition) is 5. The molecule has 5 rings (SSSR count). The fraction of sp³-hybridized carbons (Fsp3) is 0.556. The number of piperidine rings is 1. The van der Waals surface area contributed by atoms with Crippen molar-refractivity contribution < 1.29 is 14.3 Å². The average Bonchev–Trinajstić information content (AvgIpc) is 3.48. The number of thiophene rings is 1. The Morgan fingerprint density at radius 3 is 2.57 bits per heavy atom. The highest BCUT2D eigenvalue weighted by Gasteiger charge is 2.44. The third-order valence-electron chi connectivity index (χ3n) is 7.80. The lowest BCUT2D eigenvalue weighted by Gasteiger charge is -2.39. The number of nitrogens with zero attached hydrogens (tertiary/aromatic N) is 2. The number of hydrogen-bond donors (Lipinski definition) is 1. The van der Waals surface area contributed by atoms with Crippen LogP contribution >= 0.6 is 23.7 Å². The van der Waals surface area contributed by atoms with E-state index in [-0.39, 0.29) is 41.6 Å². The molecule has 8 heteroatoms. The fourth-order valence-electron chi connectivity index (χ4n) is 5.41. The fourth-order valence-corrected chi connectivity index (χ4v) is 6.12. The van der Waals surface area contributed by atoms with E-state index in [1.165, 1.54) is 5.56 Å². The van der Waals surface area contributed by atoms with Gasteiger partial charge in [0.15, 0.2) is 0 Å². The lowest BCUT2D eigenvalue weighted by Crippen LogP contribution is -2.42. The molecule has 2 aromatic rings. The van der Waals surface area contributed by atoms with Crippen LogP contribution in [-0.2, 0) is 16.1 Å². The second-order valence-electron chi connectivity index (χ2n) is 10.3. The van der Waals surface area contributed by atoms with Gasteiger partial charge in [0.25, 0.3) is 0 Å². The number of likely N-dealkylation sites (tertiary alicyclic amines) is 2. The van der Waals surface area contributed by atoms with E-state index in [0.717, 1.165) is 69.6 Å². The van der Waals surface area contributed by atoms with Crippen molar-refractivity contribution in [1.82, 2.24) is 15.1 Å². The minimum absolute atomic E-state index is 0. The molecule has 0 bridgehead atoms. The molecule has 0 radical (unpaired) electrons. The molecule has 35 heavy (non-hydrogen) atoms. The van der Waals surface area contributed by atoms with Crippen LogP contribution in [-0.4, -0.2) is 54.9 Å². The molecule has 1 aromatic carbocycles. The van der Waals surface area contributed by atoms with E-state index in [1.54, 1.807) is 18.4 Å². The zero-order chi connectivity index (χ0) is 23.5. The van der Waals surface area contributed by atoms with Crippen LogP contribution < -0.4 is 10.1 Å². The second-order valence-corrected chi connectivity index (χ2v) is 11.1. The monoisotopic (exact) mass is 517 g/mol. The number of rotatable bonds is 9. The first kappa shape index (κ1) is 26.0. The number of carbonyl (C=O) groups excluding carboxylic acids is 2. The molecule has 1 aliphatic carbocycles. The van der Waals surface area contributed by atoms with Crippen molar-refractivity contribution in [3.63, 3.8) is 0 Å². The Bertz CT molecular complexity index is 986. The molecule has 190 valence electrons. The predicted molar refractivity (Wildman–Crippen MR) is 141 cm³/mol. The first-order valence-electron chi connectivity index (χ1n) is 12.5. The van der Waals surface area contributed by atoms with Gasteiger partial charge in [0, 0.05) is 32.0 Å². The number of methoxy groups -OCH3 is 1. The van der Waals surface area contributed by atoms with E-state index in [4.69, 9.17) is 4.74 Å². The third-order valence-corrected chi connectivity index (χ3v) is 8.50. The van der Waals surface area contributed by atoms with Crippen LogP contribution in [0.5, 0.6) is 5.75 Å². The zero-order valence-corrected chi connectivity index (χ0v) is 22.0. The van der Waals surface area contributed by atoms with Gasteiger partial charge < -0.3 is 19.9 Å². The van der Waals surface area contributed by atoms with E-state index in [0.29, 0.717) is 13.0 Å². The highest BCUT2D eigenvalue weighted by atomic mass is 35.5. The van der Waals surface area contributed by atoms with Crippen LogP contribution in [0.15, 0.2) is 41.1 Å². The molecule has 0 unspecified atom stereocenters. The smallest absolute Gasteiger partial charge is 0.223 e. The molecule has 2 aliphatic heterocycles. The van der Waals surface area contributed by atoms with Gasteiger partial charge in [-0.3, -0.25) is 9.59 Å². The molecular weight excluding hydrogens is 482 g/mol. The molecule has 6 nitrogen and oxygen atoms in total. The van der Waals surface area contributed by atoms with Crippen LogP contribution in [0.4, 0.5) is 0 Å². The number of amides is 2. The summed E-state index contributed by atoms with van der Waals surface area (Å²) in [6.07, 6.45) is 5.80. The number of halogens is 1. The Labute approximate surface area is 218 Å². The van der Waals surface area contributed by atoms with Crippen LogP contribution in [0.25, 0.3) is 0 Å². The molecule has 2 saturated heterocycles. The maximum Gasteiger partial charge on any atom is 0.223 e. The van der Waals surface area contributed by atoms with Crippen molar-refractivity contribution in [3.8, 4) is 5.75 Å². The van der Waals surface area contributed by atoms with E-state index < -0.39 is 0 Å². The van der Waals surface area contributed by atoms with E-state index >= 15 is 0 Å². The molecule has 1 aromatic heterocycles. The zero-order valence-electron chi connectivity index (χ0n) is 20.4. The Balaban J connectivity index is 0.00000289. The first-order chi connectivity index (χ1) is 16.5. The molecule has 1 spiro atoms. The van der Waals surface area contributed by atoms with Gasteiger partial charge in [0.05, 0.1) is 13.2 Å². The van der Waals surface area contributed by atoms with Crippen molar-refractivity contribution in [2.75, 3.05) is 33.3 Å². The number of carbonyl (C=O) groups is 2. The maximum absolute atomic E-state index is 12.8. The minimum Gasteiger partial charge on any atom is -0.497 e. The minimum atomic E-state index is 0. The normalized spacial score (nSPS) is 20.5. The van der Waals surface area contributed by atoms with Gasteiger partial charge in [-0.2, -0.15) is 11.3 Å². The first-order valence-corrected chi connectivity index (χ1v) is 13.4. The van der Waals surface area contributed by atoms with E-state index in [1.807, 2.05) is 29.2 Å². The summed E-state index contributed by atoms with van der Waals surface area (Å²) < 4.78 is 5.24. The van der Waals surface area contributed by atoms with E-state index in [2.05, 4.69) is 27.0 Å². The quantitative estimate of drug-likeness (QED) is 0.526. The standard InChI is InChI=1S/C27H35N3O3S.ClH/c1-33-23-6-2-20(3-7-23)17-30-19-27(16-25(30)31)10-13-29(14-11-27)12-8-24(22-9-15-34-18-22)28-26(32)21-4-5-21;/h2-3,6-7,9,15,18,21,24H,4-5,8,10-14,16-17,19H2,1H3,(H,28,32);1H/t24-;/m0./s1. The molecule has 1 N–H and O–H groups in total. The Kier molecular flexibility index (Phi) is 8.40. The summed E-state index contributed by atoms with van der Waals surface area (Å²) in [6, 6.07) is 10.2. The Morgan fingerprint density at radius 2 is 1.94 bits per heavy atom. The summed E-state index contributed by atoms with van der Waals surface area (Å²) >= 11 is 1.69. The Morgan fingerprint density at radius 1 is 1.20 bits per heavy atom. The van der Waals surface area contributed by atoms with Crippen molar-refractivity contribution in [2.45, 2.75) is 51.1 Å². The molecule has 3 fully saturated rings. The highest BCUT2D eigenvalue weighted by Crippen LogP contribution is 2.41. The molecule has 1 atom stereocenters. The maximum atomic E-state index is 12.8.